The van der Waals surface area contributed by atoms with Crippen LogP contribution in [0.1, 0.15) is 46.4 Å². The van der Waals surface area contributed by atoms with Crippen molar-refractivity contribution < 1.29 is 18.8 Å². The van der Waals surface area contributed by atoms with Crippen molar-refractivity contribution in [1.29, 1.82) is 0 Å². The van der Waals surface area contributed by atoms with Crippen LogP contribution in [-0.2, 0) is 26.6 Å². The van der Waals surface area contributed by atoms with Gasteiger partial charge in [-0.15, -0.1) is 0 Å². The van der Waals surface area contributed by atoms with Crippen molar-refractivity contribution in [3.05, 3.63) is 95.2 Å². The van der Waals surface area contributed by atoms with Gasteiger partial charge in [0.2, 0.25) is 11.2 Å². The fourth-order valence-corrected chi connectivity index (χ4v) is 6.55. The summed E-state index contributed by atoms with van der Waals surface area (Å²) < 4.78 is 14.2. The van der Waals surface area contributed by atoms with Crippen molar-refractivity contribution in [3.8, 4) is 11.5 Å². The van der Waals surface area contributed by atoms with E-state index in [2.05, 4.69) is 82.5 Å². The normalized spacial score (nSPS) is 17.5. The molecule has 6 nitrogen and oxygen atoms in total. The number of carbonyl (C=O) groups excluding carboxylic acids is 1. The summed E-state index contributed by atoms with van der Waals surface area (Å²) in [6.07, 6.45) is 4.07. The number of benzene rings is 3. The standard InChI is InChI=1S/C35H39N3O3/c1-36-29-11-9-26-10-12-30(37(2)32(26)20-29)23-41-34-21-31-27(19-33(34)40-3)18-28(35(31)39)17-24-13-15-38(16-14-24)22-25-7-5-4-6-8-25/h4-12,19-21,24,28H,13-18,22-23H2,1-3H3/p+1. The Balaban J connectivity index is 1.10. The molecule has 212 valence electrons. The first kappa shape index (κ1) is 27.3. The van der Waals surface area contributed by atoms with Crippen LogP contribution in [0.15, 0.2) is 72.8 Å². The molecular weight excluding hydrogens is 510 g/mol. The summed E-state index contributed by atoms with van der Waals surface area (Å²) in [5, 5.41) is 4.38. The Morgan fingerprint density at radius 2 is 1.76 bits per heavy atom. The highest BCUT2D eigenvalue weighted by Crippen LogP contribution is 2.40. The number of anilines is 1. The topological polar surface area (TPSA) is 54.7 Å². The highest BCUT2D eigenvalue weighted by atomic mass is 16.5. The van der Waals surface area contributed by atoms with E-state index in [-0.39, 0.29) is 11.7 Å². The number of ether oxygens (including phenoxy) is 2. The number of hydrogen-bond donors (Lipinski definition) is 1. The van der Waals surface area contributed by atoms with E-state index in [1.54, 1.807) is 7.11 Å². The Kier molecular flexibility index (Phi) is 7.93. The lowest BCUT2D eigenvalue weighted by Crippen LogP contribution is -2.35. The van der Waals surface area contributed by atoms with E-state index in [1.165, 1.54) is 10.9 Å². The number of methoxy groups -OCH3 is 1. The first-order valence-corrected chi connectivity index (χ1v) is 14.8. The summed E-state index contributed by atoms with van der Waals surface area (Å²) in [7, 11) is 5.65. The van der Waals surface area contributed by atoms with Gasteiger partial charge < -0.3 is 14.8 Å². The molecule has 1 N–H and O–H groups in total. The SMILES string of the molecule is CNc1ccc2ccc(COc3cc4c(cc3OC)CC(CC3CCN(Cc5ccccc5)CC3)C4=O)[n+](C)c2c1. The Morgan fingerprint density at radius 1 is 0.976 bits per heavy atom. The molecule has 3 aromatic carbocycles. The van der Waals surface area contributed by atoms with E-state index in [4.69, 9.17) is 9.47 Å². The van der Waals surface area contributed by atoms with Crippen LogP contribution in [0.3, 0.4) is 0 Å². The highest BCUT2D eigenvalue weighted by Gasteiger charge is 2.34. The third kappa shape index (κ3) is 5.80. The number of carbonyl (C=O) groups is 1. The molecule has 6 rings (SSSR count). The number of Topliss-reactive ketones (excluding diaryl/α,β-unsaturated/α-hetero) is 1. The van der Waals surface area contributed by atoms with Crippen molar-refractivity contribution in [3.63, 3.8) is 0 Å². The molecule has 1 fully saturated rings. The predicted molar refractivity (Wildman–Crippen MR) is 163 cm³/mol. The summed E-state index contributed by atoms with van der Waals surface area (Å²) in [5.41, 5.74) is 6.49. The fourth-order valence-electron chi connectivity index (χ4n) is 6.55. The maximum absolute atomic E-state index is 13.5. The molecule has 0 saturated carbocycles. The Morgan fingerprint density at radius 3 is 2.51 bits per heavy atom. The second-order valence-corrected chi connectivity index (χ2v) is 11.6. The highest BCUT2D eigenvalue weighted by molar-refractivity contribution is 6.03. The molecule has 2 heterocycles. The number of nitrogens with one attached hydrogen (secondary N) is 1. The van der Waals surface area contributed by atoms with Crippen LogP contribution in [0.25, 0.3) is 10.9 Å². The lowest BCUT2D eigenvalue weighted by Gasteiger charge is -2.32. The summed E-state index contributed by atoms with van der Waals surface area (Å²) in [4.78, 5) is 16.1. The molecule has 0 bridgehead atoms. The fraction of sp³-hybridized carbons (Fsp3) is 0.371. The quantitative estimate of drug-likeness (QED) is 0.261. The lowest BCUT2D eigenvalue weighted by molar-refractivity contribution is -0.654. The maximum atomic E-state index is 13.5. The molecule has 41 heavy (non-hydrogen) atoms. The monoisotopic (exact) mass is 550 g/mol. The number of hydrogen-bond acceptors (Lipinski definition) is 5. The van der Waals surface area contributed by atoms with E-state index in [9.17, 15) is 4.79 Å². The molecule has 1 saturated heterocycles. The molecule has 0 spiro atoms. The number of piperidine rings is 1. The first-order valence-electron chi connectivity index (χ1n) is 14.8. The molecule has 1 aliphatic heterocycles. The molecule has 4 aromatic rings. The zero-order valence-electron chi connectivity index (χ0n) is 24.4. The van der Waals surface area contributed by atoms with E-state index < -0.39 is 0 Å². The molecule has 0 radical (unpaired) electrons. The third-order valence-corrected chi connectivity index (χ3v) is 9.01. The number of ketones is 1. The van der Waals surface area contributed by atoms with E-state index in [1.807, 2.05) is 19.2 Å². The van der Waals surface area contributed by atoms with Crippen LogP contribution >= 0.6 is 0 Å². The van der Waals surface area contributed by atoms with E-state index >= 15 is 0 Å². The average molecular weight is 551 g/mol. The Hall–Kier alpha value is -3.90. The minimum Gasteiger partial charge on any atom is -0.493 e. The van der Waals surface area contributed by atoms with Gasteiger partial charge in [0.15, 0.2) is 23.9 Å². The van der Waals surface area contributed by atoms with E-state index in [0.29, 0.717) is 24.0 Å². The largest absolute Gasteiger partial charge is 0.493 e. The summed E-state index contributed by atoms with van der Waals surface area (Å²) in [6, 6.07) is 25.2. The molecule has 1 atom stereocenters. The van der Waals surface area contributed by atoms with Crippen molar-refractivity contribution in [2.75, 3.05) is 32.6 Å². The average Bonchev–Trinajstić information content (AvgIpc) is 3.31. The summed E-state index contributed by atoms with van der Waals surface area (Å²) in [6.45, 7) is 3.59. The number of nitrogens with zero attached hydrogens (tertiary/aromatic N) is 2. The second-order valence-electron chi connectivity index (χ2n) is 11.6. The van der Waals surface area contributed by atoms with Gasteiger partial charge in [-0.25, -0.2) is 0 Å². The lowest BCUT2D eigenvalue weighted by atomic mass is 9.85. The van der Waals surface area contributed by atoms with Crippen LogP contribution < -0.4 is 19.4 Å². The zero-order valence-corrected chi connectivity index (χ0v) is 24.4. The van der Waals surface area contributed by atoms with Crippen molar-refractivity contribution in [1.82, 2.24) is 4.90 Å². The van der Waals surface area contributed by atoms with E-state index in [0.717, 1.165) is 73.3 Å². The zero-order chi connectivity index (χ0) is 28.3. The van der Waals surface area contributed by atoms with Gasteiger partial charge in [-0.3, -0.25) is 9.69 Å². The molecule has 0 amide bonds. The molecule has 1 unspecified atom stereocenters. The number of rotatable bonds is 9. The van der Waals surface area contributed by atoms with Gasteiger partial charge in [0, 0.05) is 48.3 Å². The van der Waals surface area contributed by atoms with Gasteiger partial charge in [0.05, 0.1) is 7.11 Å². The first-order chi connectivity index (χ1) is 20.0. The van der Waals surface area contributed by atoms with Crippen LogP contribution in [-0.4, -0.2) is 37.9 Å². The predicted octanol–water partition coefficient (Wildman–Crippen LogP) is 5.95. The third-order valence-electron chi connectivity index (χ3n) is 9.01. The van der Waals surface area contributed by atoms with Gasteiger partial charge in [-0.05, 0) is 86.1 Å². The molecule has 1 aromatic heterocycles. The minimum atomic E-state index is 0.0512. The van der Waals surface area contributed by atoms with Gasteiger partial charge >= 0.3 is 0 Å². The van der Waals surface area contributed by atoms with Crippen LogP contribution in [0.5, 0.6) is 11.5 Å². The summed E-state index contributed by atoms with van der Waals surface area (Å²) in [5.74, 6) is 2.22. The van der Waals surface area contributed by atoms with Gasteiger partial charge in [0.25, 0.3) is 0 Å². The molecule has 1 aliphatic carbocycles. The maximum Gasteiger partial charge on any atom is 0.219 e. The Labute approximate surface area is 242 Å². The van der Waals surface area contributed by atoms with Gasteiger partial charge in [-0.1, -0.05) is 30.3 Å². The number of aromatic nitrogens is 1. The van der Waals surface area contributed by atoms with Crippen LogP contribution in [0.4, 0.5) is 5.69 Å². The van der Waals surface area contributed by atoms with Gasteiger partial charge in [0.1, 0.15) is 7.05 Å². The Bertz CT molecular complexity index is 1540. The summed E-state index contributed by atoms with van der Waals surface area (Å²) >= 11 is 0. The van der Waals surface area contributed by atoms with Gasteiger partial charge in [-0.2, -0.15) is 4.57 Å². The van der Waals surface area contributed by atoms with Crippen LogP contribution in [0.2, 0.25) is 0 Å². The molecular formula is C35H40N3O3+. The van der Waals surface area contributed by atoms with Crippen LogP contribution in [0, 0.1) is 11.8 Å². The number of fused-ring (bicyclic) bond motifs is 2. The number of likely N-dealkylation sites (tertiary alicyclic amines) is 1. The van der Waals surface area contributed by atoms with Crippen molar-refractivity contribution in [2.24, 2.45) is 18.9 Å². The molecule has 2 aliphatic rings. The second kappa shape index (κ2) is 11.9. The molecule has 6 heteroatoms. The van der Waals surface area contributed by atoms with Crippen molar-refractivity contribution in [2.45, 2.75) is 38.8 Å². The smallest absolute Gasteiger partial charge is 0.219 e. The number of pyridine rings is 1. The van der Waals surface area contributed by atoms with Crippen molar-refractivity contribution >= 4 is 22.4 Å². The number of aryl methyl sites for hydroxylation is 1. The minimum absolute atomic E-state index is 0.0512.